The number of amides is 1. The molecule has 1 saturated carbocycles. The van der Waals surface area contributed by atoms with Gasteiger partial charge in [-0.05, 0) is 123 Å². The first-order chi connectivity index (χ1) is 32.7. The molecule has 15 nitrogen and oxygen atoms in total. The van der Waals surface area contributed by atoms with Gasteiger partial charge in [0.25, 0.3) is 11.6 Å². The number of nitrogens with zero attached hydrogens (tertiary/aromatic N) is 4. The summed E-state index contributed by atoms with van der Waals surface area (Å²) in [5, 5.41) is 36.3. The van der Waals surface area contributed by atoms with Gasteiger partial charge in [0.1, 0.15) is 30.8 Å². The number of aliphatic hydroxyl groups is 2. The highest BCUT2D eigenvalue weighted by Crippen LogP contribution is 2.62. The standard InChI is InChI=1S/C52H60N4O11/c1-4-23-55(51(59)37-17-21-46-47(28-37)64-33-63-46)48-30-44(54-66-31-35-15-18-39(19-16-35)56(60)61)42-27-36(12-6-8-24-57)41(14-7-9-25-58)49-43-29-40(62-32-38-13-10-11-34(3)53-38)20-22-45(43)67-52(48,50(42)49)65-26-5-2/h5,10-11,13,15-22,27-29,36,41,48-50,57-58H,2,4,6-9,12,14,23-26,30-33H2,1,3H3. The van der Waals surface area contributed by atoms with E-state index in [1.165, 1.54) is 12.1 Å². The quantitative estimate of drug-likeness (QED) is 0.0331. The Morgan fingerprint density at radius 1 is 0.985 bits per heavy atom. The topological polar surface area (TPSA) is 185 Å². The average Bonchev–Trinajstić information content (AvgIpc) is 3.82. The van der Waals surface area contributed by atoms with Crippen LogP contribution in [-0.4, -0.2) is 81.6 Å². The minimum absolute atomic E-state index is 0.00672. The van der Waals surface area contributed by atoms with Crippen LogP contribution in [0.3, 0.4) is 0 Å². The lowest BCUT2D eigenvalue weighted by Crippen LogP contribution is -2.70. The highest BCUT2D eigenvalue weighted by Gasteiger charge is 2.65. The van der Waals surface area contributed by atoms with Gasteiger partial charge in [-0.15, -0.1) is 6.58 Å². The molecule has 3 aromatic carbocycles. The van der Waals surface area contributed by atoms with Crippen LogP contribution in [0.25, 0.3) is 0 Å². The van der Waals surface area contributed by atoms with E-state index < -0.39 is 22.7 Å². The number of benzene rings is 3. The van der Waals surface area contributed by atoms with E-state index in [2.05, 4.69) is 23.7 Å². The molecule has 67 heavy (non-hydrogen) atoms. The van der Waals surface area contributed by atoms with Crippen molar-refractivity contribution in [1.29, 1.82) is 0 Å². The lowest BCUT2D eigenvalue weighted by Gasteiger charge is -2.60. The lowest BCUT2D eigenvalue weighted by atomic mass is 9.55. The molecule has 0 spiro atoms. The largest absolute Gasteiger partial charge is 0.487 e. The van der Waals surface area contributed by atoms with Crippen LogP contribution in [0.5, 0.6) is 23.0 Å². The average molecular weight is 917 g/mol. The van der Waals surface area contributed by atoms with Crippen molar-refractivity contribution in [2.24, 2.45) is 22.9 Å². The van der Waals surface area contributed by atoms with E-state index in [-0.39, 0.29) is 75.6 Å². The van der Waals surface area contributed by atoms with Crippen molar-refractivity contribution in [3.63, 3.8) is 0 Å². The molecular formula is C52H60N4O11. The Morgan fingerprint density at radius 3 is 2.51 bits per heavy atom. The third-order valence-corrected chi connectivity index (χ3v) is 13.3. The smallest absolute Gasteiger partial charge is 0.269 e. The summed E-state index contributed by atoms with van der Waals surface area (Å²) in [5.74, 6) is -0.183. The van der Waals surface area contributed by atoms with E-state index in [4.69, 9.17) is 33.7 Å². The SMILES string of the molecule is C=CCOC12Oc3ccc(OCc4cccc(C)n4)cc3C3C(CCCCO)C(CCCCO)C=C(C(=NOCc4ccc([N+](=O)[O-])cc4)CC1N(CCC)C(=O)c1ccc4c(c1)OCO4)C32. The molecule has 2 aliphatic carbocycles. The number of carbonyl (C=O) groups excluding carboxylic acids is 1. The van der Waals surface area contributed by atoms with Gasteiger partial charge < -0.3 is 43.6 Å². The van der Waals surface area contributed by atoms with Gasteiger partial charge in [-0.1, -0.05) is 43.1 Å². The zero-order valence-electron chi connectivity index (χ0n) is 38.2. The Hall–Kier alpha value is -6.29. The molecule has 6 unspecified atom stereocenters. The highest BCUT2D eigenvalue weighted by molar-refractivity contribution is 6.03. The maximum Gasteiger partial charge on any atom is 0.269 e. The molecule has 4 aliphatic rings. The van der Waals surface area contributed by atoms with E-state index in [0.717, 1.165) is 48.2 Å². The molecule has 0 bridgehead atoms. The third-order valence-electron chi connectivity index (χ3n) is 13.3. The number of pyridine rings is 1. The van der Waals surface area contributed by atoms with E-state index >= 15 is 4.79 Å². The molecule has 3 heterocycles. The normalized spacial score (nSPS) is 22.8. The number of aryl methyl sites for hydroxylation is 1. The second-order valence-corrected chi connectivity index (χ2v) is 17.6. The van der Waals surface area contributed by atoms with Crippen LogP contribution in [0.2, 0.25) is 0 Å². The predicted octanol–water partition coefficient (Wildman–Crippen LogP) is 8.99. The van der Waals surface area contributed by atoms with Gasteiger partial charge in [0.15, 0.2) is 11.5 Å². The Bertz CT molecular complexity index is 2460. The zero-order chi connectivity index (χ0) is 46.9. The van der Waals surface area contributed by atoms with E-state index in [1.54, 1.807) is 36.4 Å². The van der Waals surface area contributed by atoms with Crippen molar-refractivity contribution in [2.45, 2.75) is 96.2 Å². The van der Waals surface area contributed by atoms with Crippen LogP contribution in [0, 0.1) is 34.8 Å². The summed E-state index contributed by atoms with van der Waals surface area (Å²) in [4.78, 5) is 38.9. The molecule has 6 atom stereocenters. The number of nitro groups is 1. The molecule has 2 aliphatic heterocycles. The number of aromatic nitrogens is 1. The molecule has 0 saturated heterocycles. The van der Waals surface area contributed by atoms with Crippen molar-refractivity contribution in [2.75, 3.05) is 33.2 Å². The molecule has 354 valence electrons. The monoisotopic (exact) mass is 916 g/mol. The predicted molar refractivity (Wildman–Crippen MR) is 250 cm³/mol. The van der Waals surface area contributed by atoms with Crippen molar-refractivity contribution < 1.29 is 48.5 Å². The lowest BCUT2D eigenvalue weighted by molar-refractivity contribution is -0.384. The van der Waals surface area contributed by atoms with Gasteiger partial charge in [0.05, 0.1) is 28.9 Å². The maximum absolute atomic E-state index is 15.2. The molecule has 15 heteroatoms. The van der Waals surface area contributed by atoms with Gasteiger partial charge in [-0.2, -0.15) is 0 Å². The summed E-state index contributed by atoms with van der Waals surface area (Å²) in [6, 6.07) is 22.4. The number of oxime groups is 1. The van der Waals surface area contributed by atoms with Crippen molar-refractivity contribution in [3.8, 4) is 23.0 Å². The Balaban J connectivity index is 1.30. The van der Waals surface area contributed by atoms with Crippen LogP contribution >= 0.6 is 0 Å². The number of fused-ring (bicyclic) bond motifs is 3. The number of allylic oxidation sites excluding steroid dienone is 1. The number of rotatable bonds is 22. The summed E-state index contributed by atoms with van der Waals surface area (Å²) in [7, 11) is 0. The number of unbranched alkanes of at least 4 members (excludes halogenated alkanes) is 2. The van der Waals surface area contributed by atoms with E-state index in [1.807, 2.05) is 49.1 Å². The molecule has 1 aromatic heterocycles. The first-order valence-corrected chi connectivity index (χ1v) is 23.4. The minimum atomic E-state index is -1.46. The van der Waals surface area contributed by atoms with Crippen molar-refractivity contribution >= 4 is 17.3 Å². The number of aliphatic hydroxyl groups excluding tert-OH is 2. The van der Waals surface area contributed by atoms with Crippen LogP contribution in [0.1, 0.15) is 97.1 Å². The molecule has 2 N–H and O–H groups in total. The van der Waals surface area contributed by atoms with Gasteiger partial charge in [-0.3, -0.25) is 19.9 Å². The van der Waals surface area contributed by atoms with E-state index in [9.17, 15) is 20.3 Å². The minimum Gasteiger partial charge on any atom is -0.487 e. The zero-order valence-corrected chi connectivity index (χ0v) is 38.2. The first kappa shape index (κ1) is 47.2. The van der Waals surface area contributed by atoms with E-state index in [0.29, 0.717) is 65.6 Å². The fraction of sp³-hybridized carbons (Fsp3) is 0.442. The van der Waals surface area contributed by atoms with Gasteiger partial charge in [0.2, 0.25) is 12.6 Å². The van der Waals surface area contributed by atoms with Crippen molar-refractivity contribution in [1.82, 2.24) is 9.88 Å². The second kappa shape index (κ2) is 21.6. The first-order valence-electron chi connectivity index (χ1n) is 23.4. The van der Waals surface area contributed by atoms with Gasteiger partial charge >= 0.3 is 0 Å². The number of carbonyl (C=O) groups is 1. The molecular weight excluding hydrogens is 857 g/mol. The maximum atomic E-state index is 15.2. The summed E-state index contributed by atoms with van der Waals surface area (Å²) in [5.41, 5.74) is 5.22. The molecule has 4 aromatic rings. The summed E-state index contributed by atoms with van der Waals surface area (Å²) in [6.07, 6.45) is 9.18. The number of hydrogen-bond donors (Lipinski definition) is 2. The second-order valence-electron chi connectivity index (χ2n) is 17.6. The Kier molecular flexibility index (Phi) is 15.2. The fourth-order valence-electron chi connectivity index (χ4n) is 10.3. The number of nitro benzene ring substituents is 1. The molecule has 1 amide bonds. The summed E-state index contributed by atoms with van der Waals surface area (Å²) in [6.45, 7) is 8.99. The molecule has 0 radical (unpaired) electrons. The number of hydrogen-bond acceptors (Lipinski definition) is 13. The molecule has 8 rings (SSSR count). The van der Waals surface area contributed by atoms with Crippen LogP contribution < -0.4 is 18.9 Å². The van der Waals surface area contributed by atoms with Gasteiger partial charge in [-0.25, -0.2) is 0 Å². The van der Waals surface area contributed by atoms with Crippen LogP contribution in [0.4, 0.5) is 5.69 Å². The summed E-state index contributed by atoms with van der Waals surface area (Å²) < 4.78 is 32.3. The van der Waals surface area contributed by atoms with Gasteiger partial charge in [0, 0.05) is 61.1 Å². The number of ether oxygens (including phenoxy) is 5. The third kappa shape index (κ3) is 10.2. The summed E-state index contributed by atoms with van der Waals surface area (Å²) >= 11 is 0. The van der Waals surface area contributed by atoms with Crippen LogP contribution in [0.15, 0.2) is 108 Å². The van der Waals surface area contributed by atoms with Crippen LogP contribution in [-0.2, 0) is 22.8 Å². The molecule has 1 fully saturated rings. The Morgan fingerprint density at radius 2 is 1.76 bits per heavy atom. The highest BCUT2D eigenvalue weighted by atomic mass is 16.7. The number of non-ortho nitro benzene ring substituents is 1. The van der Waals surface area contributed by atoms with Crippen molar-refractivity contribution in [3.05, 3.63) is 141 Å². The Labute approximate surface area is 391 Å². The fourth-order valence-corrected chi connectivity index (χ4v) is 10.3.